The monoisotopic (exact) mass is 522 g/mol. The lowest BCUT2D eigenvalue weighted by Gasteiger charge is -2.32. The molecule has 1 saturated heterocycles. The van der Waals surface area contributed by atoms with Gasteiger partial charge in [-0.15, -0.1) is 24.0 Å². The summed E-state index contributed by atoms with van der Waals surface area (Å²) < 4.78 is 0. The second-order valence-corrected chi connectivity index (χ2v) is 7.36. The van der Waals surface area contributed by atoms with Crippen LogP contribution in [-0.2, 0) is 17.9 Å². The summed E-state index contributed by atoms with van der Waals surface area (Å²) in [7, 11) is 1.77. The first-order valence-electron chi connectivity index (χ1n) is 10.1. The number of hydrogen-bond donors (Lipinski definition) is 3. The number of halogens is 1. The van der Waals surface area contributed by atoms with Gasteiger partial charge in [0, 0.05) is 50.9 Å². The Bertz CT molecular complexity index is 864. The summed E-state index contributed by atoms with van der Waals surface area (Å²) in [5, 5.41) is 6.75. The zero-order valence-corrected chi connectivity index (χ0v) is 19.9. The Hall–Kier alpha value is -2.36. The molecular weight excluding hydrogens is 491 g/mol. The van der Waals surface area contributed by atoms with Gasteiger partial charge in [-0.25, -0.2) is 4.98 Å². The van der Waals surface area contributed by atoms with Crippen LogP contribution in [0.5, 0.6) is 0 Å². The molecule has 30 heavy (non-hydrogen) atoms. The van der Waals surface area contributed by atoms with E-state index in [1.165, 1.54) is 11.1 Å². The molecule has 0 bridgehead atoms. The lowest BCUT2D eigenvalue weighted by Crippen LogP contribution is -2.40. The number of benzene rings is 1. The van der Waals surface area contributed by atoms with Gasteiger partial charge in [-0.05, 0) is 37.0 Å². The Morgan fingerprint density at radius 2 is 1.77 bits per heavy atom. The SMILES string of the molecule is CN=C(NCc1ccccc1C)NCc1cccnc1N1CCC(C(N)=O)CC1.I. The zero-order chi connectivity index (χ0) is 20.6. The van der Waals surface area contributed by atoms with Crippen LogP contribution in [0.2, 0.25) is 0 Å². The van der Waals surface area contributed by atoms with Crippen molar-refractivity contribution in [3.63, 3.8) is 0 Å². The number of nitrogens with zero attached hydrogens (tertiary/aromatic N) is 3. The molecule has 3 rings (SSSR count). The number of anilines is 1. The topological polar surface area (TPSA) is 95.6 Å². The van der Waals surface area contributed by atoms with Gasteiger partial charge in [-0.3, -0.25) is 9.79 Å². The van der Waals surface area contributed by atoms with E-state index >= 15 is 0 Å². The number of carbonyl (C=O) groups is 1. The van der Waals surface area contributed by atoms with Crippen LogP contribution in [0.1, 0.15) is 29.5 Å². The van der Waals surface area contributed by atoms with Crippen molar-refractivity contribution in [2.24, 2.45) is 16.6 Å². The van der Waals surface area contributed by atoms with Crippen LogP contribution >= 0.6 is 24.0 Å². The molecule has 2 aromatic rings. The fourth-order valence-corrected chi connectivity index (χ4v) is 3.62. The van der Waals surface area contributed by atoms with Crippen molar-refractivity contribution >= 4 is 41.7 Å². The number of primary amides is 1. The van der Waals surface area contributed by atoms with Gasteiger partial charge >= 0.3 is 0 Å². The van der Waals surface area contributed by atoms with Gasteiger partial charge in [0.15, 0.2) is 5.96 Å². The molecule has 1 aromatic heterocycles. The third kappa shape index (κ3) is 6.32. The average molecular weight is 522 g/mol. The van der Waals surface area contributed by atoms with Crippen LogP contribution in [0.4, 0.5) is 5.82 Å². The molecule has 1 amide bonds. The van der Waals surface area contributed by atoms with Gasteiger partial charge in [-0.1, -0.05) is 30.3 Å². The lowest BCUT2D eigenvalue weighted by atomic mass is 9.96. The first-order valence-corrected chi connectivity index (χ1v) is 10.1. The molecule has 1 aliphatic heterocycles. The number of rotatable bonds is 6. The summed E-state index contributed by atoms with van der Waals surface area (Å²) in [5.74, 6) is 1.48. The van der Waals surface area contributed by atoms with E-state index < -0.39 is 0 Å². The average Bonchev–Trinajstić information content (AvgIpc) is 2.75. The first-order chi connectivity index (χ1) is 14.1. The van der Waals surface area contributed by atoms with Crippen molar-refractivity contribution in [2.45, 2.75) is 32.9 Å². The Balaban J connectivity index is 0.00000320. The molecule has 0 spiro atoms. The van der Waals surface area contributed by atoms with Gasteiger partial charge in [0.05, 0.1) is 0 Å². The number of aliphatic imine (C=N–C) groups is 1. The fourth-order valence-electron chi connectivity index (χ4n) is 3.62. The highest BCUT2D eigenvalue weighted by molar-refractivity contribution is 14.0. The number of nitrogens with two attached hydrogens (primary N) is 1. The number of aryl methyl sites for hydroxylation is 1. The van der Waals surface area contributed by atoms with Crippen LogP contribution in [-0.4, -0.2) is 37.0 Å². The maximum atomic E-state index is 11.4. The smallest absolute Gasteiger partial charge is 0.220 e. The van der Waals surface area contributed by atoms with Gasteiger partial charge in [0.25, 0.3) is 0 Å². The minimum atomic E-state index is -0.198. The predicted molar refractivity (Wildman–Crippen MR) is 132 cm³/mol. The van der Waals surface area contributed by atoms with Crippen molar-refractivity contribution in [1.82, 2.24) is 15.6 Å². The van der Waals surface area contributed by atoms with E-state index in [1.807, 2.05) is 24.4 Å². The predicted octanol–water partition coefficient (Wildman–Crippen LogP) is 2.57. The van der Waals surface area contributed by atoms with Crippen LogP contribution < -0.4 is 21.3 Å². The highest BCUT2D eigenvalue weighted by atomic mass is 127. The largest absolute Gasteiger partial charge is 0.369 e. The minimum absolute atomic E-state index is 0. The van der Waals surface area contributed by atoms with E-state index in [1.54, 1.807) is 7.05 Å². The Labute approximate surface area is 195 Å². The molecule has 0 radical (unpaired) electrons. The molecule has 162 valence electrons. The van der Waals surface area contributed by atoms with E-state index in [2.05, 4.69) is 50.6 Å². The number of hydrogen-bond acceptors (Lipinski definition) is 4. The normalized spacial score (nSPS) is 14.7. The molecule has 0 saturated carbocycles. The van der Waals surface area contributed by atoms with E-state index in [0.29, 0.717) is 13.1 Å². The lowest BCUT2D eigenvalue weighted by molar-refractivity contribution is -0.122. The highest BCUT2D eigenvalue weighted by Crippen LogP contribution is 2.24. The summed E-state index contributed by atoms with van der Waals surface area (Å²) in [6, 6.07) is 12.3. The second kappa shape index (κ2) is 11.7. The van der Waals surface area contributed by atoms with Gasteiger partial charge in [0.2, 0.25) is 5.91 Å². The van der Waals surface area contributed by atoms with Crippen LogP contribution in [0.25, 0.3) is 0 Å². The van der Waals surface area contributed by atoms with E-state index in [0.717, 1.165) is 43.3 Å². The molecule has 1 aliphatic rings. The number of pyridine rings is 1. The molecule has 2 heterocycles. The first kappa shape index (κ1) is 23.9. The third-order valence-electron chi connectivity index (χ3n) is 5.44. The Morgan fingerprint density at radius 1 is 1.13 bits per heavy atom. The summed E-state index contributed by atoms with van der Waals surface area (Å²) in [5.41, 5.74) is 9.05. The minimum Gasteiger partial charge on any atom is -0.369 e. The van der Waals surface area contributed by atoms with E-state index in [9.17, 15) is 4.79 Å². The molecule has 0 aliphatic carbocycles. The van der Waals surface area contributed by atoms with Gasteiger partial charge in [-0.2, -0.15) is 0 Å². The number of carbonyl (C=O) groups excluding carboxylic acids is 1. The molecule has 0 unspecified atom stereocenters. The number of amides is 1. The summed E-state index contributed by atoms with van der Waals surface area (Å²) in [4.78, 5) is 22.6. The zero-order valence-electron chi connectivity index (χ0n) is 17.6. The summed E-state index contributed by atoms with van der Waals surface area (Å²) in [6.07, 6.45) is 3.36. The number of nitrogens with one attached hydrogen (secondary N) is 2. The Kier molecular flexibility index (Phi) is 9.35. The molecule has 0 atom stereocenters. The molecule has 7 nitrogen and oxygen atoms in total. The molecule has 8 heteroatoms. The van der Waals surface area contributed by atoms with Crippen LogP contribution in [0.15, 0.2) is 47.6 Å². The van der Waals surface area contributed by atoms with E-state index in [4.69, 9.17) is 5.73 Å². The Morgan fingerprint density at radius 3 is 2.40 bits per heavy atom. The second-order valence-electron chi connectivity index (χ2n) is 7.36. The van der Waals surface area contributed by atoms with Crippen LogP contribution in [0, 0.1) is 12.8 Å². The molecule has 1 fully saturated rings. The quantitative estimate of drug-likeness (QED) is 0.308. The van der Waals surface area contributed by atoms with Crippen molar-refractivity contribution in [1.29, 1.82) is 0 Å². The molecular formula is C22H31IN6O. The maximum absolute atomic E-state index is 11.4. The standard InChI is InChI=1S/C22H30N6O.HI/c1-16-6-3-4-7-18(16)14-26-22(24-2)27-15-19-8-5-11-25-21(19)28-12-9-17(10-13-28)20(23)29;/h3-8,11,17H,9-10,12-15H2,1-2H3,(H2,23,29)(H2,24,26,27);1H. The van der Waals surface area contributed by atoms with E-state index in [-0.39, 0.29) is 35.8 Å². The highest BCUT2D eigenvalue weighted by Gasteiger charge is 2.24. The van der Waals surface area contributed by atoms with Crippen LogP contribution in [0.3, 0.4) is 0 Å². The maximum Gasteiger partial charge on any atom is 0.220 e. The van der Waals surface area contributed by atoms with Gasteiger partial charge < -0.3 is 21.3 Å². The van der Waals surface area contributed by atoms with Crippen molar-refractivity contribution < 1.29 is 4.79 Å². The molecule has 4 N–H and O–H groups in total. The fraction of sp³-hybridized carbons (Fsp3) is 0.409. The van der Waals surface area contributed by atoms with Gasteiger partial charge in [0.1, 0.15) is 5.82 Å². The van der Waals surface area contributed by atoms with Crippen molar-refractivity contribution in [3.05, 3.63) is 59.3 Å². The van der Waals surface area contributed by atoms with Crippen molar-refractivity contribution in [2.75, 3.05) is 25.0 Å². The number of aromatic nitrogens is 1. The number of guanidine groups is 1. The molecule has 1 aromatic carbocycles. The number of piperidine rings is 1. The van der Waals surface area contributed by atoms with Crippen molar-refractivity contribution in [3.8, 4) is 0 Å². The summed E-state index contributed by atoms with van der Waals surface area (Å²) >= 11 is 0. The third-order valence-corrected chi connectivity index (χ3v) is 5.44. The summed E-state index contributed by atoms with van der Waals surface area (Å²) in [6.45, 7) is 5.02.